The molecule has 0 fully saturated rings. The minimum Gasteiger partial charge on any atom is -0.290 e. The Kier molecular flexibility index (Phi) is 4.16. The lowest BCUT2D eigenvalue weighted by atomic mass is 10.0. The fraction of sp³-hybridized carbons (Fsp3) is 0.368. The van der Waals surface area contributed by atoms with Gasteiger partial charge in [-0.15, -0.1) is 5.10 Å². The highest BCUT2D eigenvalue weighted by Gasteiger charge is 2.46. The zero-order chi connectivity index (χ0) is 21.0. The standard InChI is InChI=1S/C19H16F4N6O/c20-12-10-13(11-4-2-1-3-5-11)28-17(12)25-16(26-28)18(30)27-9-7-14(19(21,22)23)29-15(27)6-8-24-29/h1-6,8,12-14H,7,9-10H2. The number of aromatic nitrogens is 5. The first-order chi connectivity index (χ1) is 14.3. The van der Waals surface area contributed by atoms with Crippen LogP contribution in [0.2, 0.25) is 0 Å². The number of nitrogens with zero attached hydrogens (tertiary/aromatic N) is 6. The molecular formula is C19H16F4N6O. The van der Waals surface area contributed by atoms with Crippen LogP contribution in [-0.4, -0.2) is 43.2 Å². The van der Waals surface area contributed by atoms with E-state index in [4.69, 9.17) is 0 Å². The third kappa shape index (κ3) is 2.87. The molecular weight excluding hydrogens is 404 g/mol. The fourth-order valence-corrected chi connectivity index (χ4v) is 4.10. The van der Waals surface area contributed by atoms with Crippen LogP contribution < -0.4 is 4.90 Å². The highest BCUT2D eigenvalue weighted by atomic mass is 19.4. The second-order valence-corrected chi connectivity index (χ2v) is 7.30. The van der Waals surface area contributed by atoms with E-state index >= 15 is 0 Å². The lowest BCUT2D eigenvalue weighted by Gasteiger charge is -2.33. The summed E-state index contributed by atoms with van der Waals surface area (Å²) in [6.07, 6.45) is -4.82. The average molecular weight is 420 g/mol. The van der Waals surface area contributed by atoms with E-state index in [1.807, 2.05) is 30.3 Å². The SMILES string of the molecule is O=C(c1nc2n(n1)C(c1ccccc1)CC2F)N1CCC(C(F)(F)F)n2nccc21. The number of halogens is 4. The summed E-state index contributed by atoms with van der Waals surface area (Å²) in [5, 5.41) is 7.96. The number of benzene rings is 1. The molecule has 0 spiro atoms. The molecule has 3 atom stereocenters. The Hall–Kier alpha value is -3.24. The summed E-state index contributed by atoms with van der Waals surface area (Å²) in [5.74, 6) is -0.865. The number of rotatable bonds is 2. The van der Waals surface area contributed by atoms with Gasteiger partial charge in [-0.3, -0.25) is 9.69 Å². The van der Waals surface area contributed by atoms with Crippen molar-refractivity contribution in [3.8, 4) is 0 Å². The first-order valence-electron chi connectivity index (χ1n) is 9.42. The maximum absolute atomic E-state index is 14.6. The van der Waals surface area contributed by atoms with Crippen molar-refractivity contribution in [2.24, 2.45) is 0 Å². The molecule has 3 aromatic rings. The fourth-order valence-electron chi connectivity index (χ4n) is 4.10. The highest BCUT2D eigenvalue weighted by Crippen LogP contribution is 2.41. The Morgan fingerprint density at radius 2 is 1.87 bits per heavy atom. The van der Waals surface area contributed by atoms with E-state index in [2.05, 4.69) is 15.2 Å². The van der Waals surface area contributed by atoms with Crippen molar-refractivity contribution in [3.63, 3.8) is 0 Å². The van der Waals surface area contributed by atoms with Gasteiger partial charge in [0.05, 0.1) is 12.2 Å². The van der Waals surface area contributed by atoms with Gasteiger partial charge in [0.15, 0.2) is 18.0 Å². The molecule has 0 bridgehead atoms. The predicted molar refractivity (Wildman–Crippen MR) is 96.7 cm³/mol. The molecule has 2 aromatic heterocycles. The van der Waals surface area contributed by atoms with Crippen molar-refractivity contribution < 1.29 is 22.4 Å². The maximum Gasteiger partial charge on any atom is 0.410 e. The van der Waals surface area contributed by atoms with Gasteiger partial charge in [0.25, 0.3) is 5.91 Å². The van der Waals surface area contributed by atoms with E-state index in [0.29, 0.717) is 0 Å². The van der Waals surface area contributed by atoms with Crippen molar-refractivity contribution in [1.82, 2.24) is 24.5 Å². The molecule has 1 amide bonds. The van der Waals surface area contributed by atoms with Crippen molar-refractivity contribution in [2.45, 2.75) is 37.3 Å². The number of fused-ring (bicyclic) bond motifs is 2. The van der Waals surface area contributed by atoms with E-state index in [1.54, 1.807) is 0 Å². The molecule has 0 N–H and O–H groups in total. The van der Waals surface area contributed by atoms with Gasteiger partial charge in [0, 0.05) is 19.0 Å². The van der Waals surface area contributed by atoms with Gasteiger partial charge >= 0.3 is 6.18 Å². The summed E-state index contributed by atoms with van der Waals surface area (Å²) in [6, 6.07) is 8.33. The number of alkyl halides is 4. The minimum atomic E-state index is -4.48. The molecule has 0 saturated carbocycles. The Labute approximate surface area is 167 Å². The summed E-state index contributed by atoms with van der Waals surface area (Å²) in [6.45, 7) is -0.167. The van der Waals surface area contributed by atoms with Gasteiger partial charge in [0.2, 0.25) is 5.82 Å². The lowest BCUT2D eigenvalue weighted by Crippen LogP contribution is -2.43. The minimum absolute atomic E-state index is 0.0138. The Morgan fingerprint density at radius 3 is 2.60 bits per heavy atom. The number of anilines is 1. The van der Waals surface area contributed by atoms with Crippen LogP contribution in [0.25, 0.3) is 0 Å². The molecule has 156 valence electrons. The second kappa shape index (κ2) is 6.64. The van der Waals surface area contributed by atoms with Crippen LogP contribution in [0.4, 0.5) is 23.4 Å². The normalized spacial score (nSPS) is 23.3. The topological polar surface area (TPSA) is 68.8 Å². The Morgan fingerprint density at radius 1 is 1.10 bits per heavy atom. The number of carbonyl (C=O) groups is 1. The molecule has 7 nitrogen and oxygen atoms in total. The summed E-state index contributed by atoms with van der Waals surface area (Å²) < 4.78 is 56.6. The molecule has 5 rings (SSSR count). The van der Waals surface area contributed by atoms with Crippen molar-refractivity contribution >= 4 is 11.7 Å². The monoisotopic (exact) mass is 420 g/mol. The van der Waals surface area contributed by atoms with Gasteiger partial charge in [-0.25, -0.2) is 18.7 Å². The third-order valence-corrected chi connectivity index (χ3v) is 5.51. The lowest BCUT2D eigenvalue weighted by molar-refractivity contribution is -0.172. The van der Waals surface area contributed by atoms with Gasteiger partial charge in [-0.2, -0.15) is 18.3 Å². The molecule has 11 heteroatoms. The molecule has 1 aromatic carbocycles. The summed E-state index contributed by atoms with van der Waals surface area (Å²) >= 11 is 0. The van der Waals surface area contributed by atoms with Crippen LogP contribution in [0.15, 0.2) is 42.6 Å². The molecule has 0 radical (unpaired) electrons. The van der Waals surface area contributed by atoms with Crippen LogP contribution in [0.1, 0.15) is 53.1 Å². The maximum atomic E-state index is 14.6. The molecule has 0 saturated heterocycles. The van der Waals surface area contributed by atoms with Crippen LogP contribution in [0, 0.1) is 0 Å². The number of hydrogen-bond acceptors (Lipinski definition) is 4. The van der Waals surface area contributed by atoms with Crippen molar-refractivity contribution in [1.29, 1.82) is 0 Å². The Bertz CT molecular complexity index is 1090. The number of carbonyl (C=O) groups excluding carboxylic acids is 1. The zero-order valence-corrected chi connectivity index (χ0v) is 15.5. The van der Waals surface area contributed by atoms with E-state index in [9.17, 15) is 22.4 Å². The predicted octanol–water partition coefficient (Wildman–Crippen LogP) is 3.63. The van der Waals surface area contributed by atoms with E-state index in [1.165, 1.54) is 16.9 Å². The Balaban J connectivity index is 1.47. The van der Waals surface area contributed by atoms with Crippen molar-refractivity contribution in [3.05, 3.63) is 59.8 Å². The molecule has 2 aliphatic heterocycles. The van der Waals surface area contributed by atoms with Crippen LogP contribution in [-0.2, 0) is 0 Å². The molecule has 3 unspecified atom stereocenters. The first kappa shape index (κ1) is 18.8. The highest BCUT2D eigenvalue weighted by molar-refractivity contribution is 6.03. The van der Waals surface area contributed by atoms with Crippen LogP contribution >= 0.6 is 0 Å². The van der Waals surface area contributed by atoms with E-state index in [0.717, 1.165) is 15.1 Å². The summed E-state index contributed by atoms with van der Waals surface area (Å²) in [7, 11) is 0. The van der Waals surface area contributed by atoms with E-state index in [-0.39, 0.29) is 36.9 Å². The average Bonchev–Trinajstić information content (AvgIpc) is 3.43. The zero-order valence-electron chi connectivity index (χ0n) is 15.5. The second-order valence-electron chi connectivity index (χ2n) is 7.30. The largest absolute Gasteiger partial charge is 0.410 e. The van der Waals surface area contributed by atoms with Gasteiger partial charge < -0.3 is 0 Å². The van der Waals surface area contributed by atoms with Crippen LogP contribution in [0.5, 0.6) is 0 Å². The first-order valence-corrected chi connectivity index (χ1v) is 9.42. The molecule has 0 aliphatic carbocycles. The van der Waals surface area contributed by atoms with Crippen LogP contribution in [0.3, 0.4) is 0 Å². The number of amides is 1. The van der Waals surface area contributed by atoms with Gasteiger partial charge in [-0.05, 0) is 12.0 Å². The quantitative estimate of drug-likeness (QED) is 0.594. The van der Waals surface area contributed by atoms with E-state index < -0.39 is 30.3 Å². The van der Waals surface area contributed by atoms with Gasteiger partial charge in [-0.1, -0.05) is 30.3 Å². The third-order valence-electron chi connectivity index (χ3n) is 5.51. The van der Waals surface area contributed by atoms with Crippen molar-refractivity contribution in [2.75, 3.05) is 11.4 Å². The summed E-state index contributed by atoms with van der Waals surface area (Å²) in [5.41, 5.74) is 0.840. The number of hydrogen-bond donors (Lipinski definition) is 0. The molecule has 30 heavy (non-hydrogen) atoms. The smallest absolute Gasteiger partial charge is 0.290 e. The summed E-state index contributed by atoms with van der Waals surface area (Å²) in [4.78, 5) is 18.3. The molecule has 4 heterocycles. The molecule has 2 aliphatic rings. The van der Waals surface area contributed by atoms with Gasteiger partial charge in [0.1, 0.15) is 5.82 Å².